The van der Waals surface area contributed by atoms with Crippen LogP contribution in [-0.4, -0.2) is 6.16 Å². The molecule has 302 valence electrons. The molecule has 0 heterocycles. The van der Waals surface area contributed by atoms with Gasteiger partial charge < -0.3 is 9.13 Å². The molecule has 61 heavy (non-hydrogen) atoms. The number of allylic oxidation sites excluding steroid dienone is 10. The topological polar surface area (TPSA) is 34.1 Å². The van der Waals surface area contributed by atoms with Gasteiger partial charge in [-0.1, -0.05) is 213 Å². The molecule has 2 nitrogen and oxygen atoms in total. The minimum absolute atomic E-state index is 0.0667. The SMILES string of the molecule is CC1C=CC=CC1CCC(C1=CCCC=C1CP(=O)(c1ccccc1)c1ccccc1)C1=C(P(=O)(c2ccccc2)c2ccccc2)C2c3ccccc3C1c1ccccc12. The van der Waals surface area contributed by atoms with Crippen LogP contribution >= 0.6 is 14.3 Å². The van der Waals surface area contributed by atoms with Gasteiger partial charge in [-0.25, -0.2) is 0 Å². The molecule has 5 aliphatic rings. The zero-order valence-corrected chi connectivity index (χ0v) is 36.6. The van der Waals surface area contributed by atoms with Crippen LogP contribution in [0, 0.1) is 17.8 Å². The lowest BCUT2D eigenvalue weighted by molar-refractivity contribution is 0.424. The summed E-state index contributed by atoms with van der Waals surface area (Å²) in [6, 6.07) is 58.8. The number of rotatable bonds is 12. The molecule has 0 aromatic heterocycles. The van der Waals surface area contributed by atoms with Gasteiger partial charge >= 0.3 is 0 Å². The molecule has 0 fully saturated rings. The first kappa shape index (κ1) is 39.6. The minimum Gasteiger partial charge on any atom is -0.313 e. The van der Waals surface area contributed by atoms with Gasteiger partial charge in [0.25, 0.3) is 0 Å². The molecule has 0 saturated heterocycles. The van der Waals surface area contributed by atoms with E-state index in [4.69, 9.17) is 0 Å². The second-order valence-corrected chi connectivity index (χ2v) is 22.8. The maximum absolute atomic E-state index is 17.3. The highest BCUT2D eigenvalue weighted by molar-refractivity contribution is 7.82. The third-order valence-corrected chi connectivity index (χ3v) is 20.1. The van der Waals surface area contributed by atoms with Gasteiger partial charge in [0.1, 0.15) is 7.14 Å². The molecule has 0 N–H and O–H groups in total. The van der Waals surface area contributed by atoms with E-state index in [2.05, 4.69) is 116 Å². The van der Waals surface area contributed by atoms with E-state index in [-0.39, 0.29) is 17.8 Å². The smallest absolute Gasteiger partial charge is 0.168 e. The normalized spacial score (nSPS) is 21.0. The summed E-state index contributed by atoms with van der Waals surface area (Å²) in [7, 11) is -6.61. The fourth-order valence-corrected chi connectivity index (χ4v) is 17.0. The molecular formula is C57H52O2P2. The monoisotopic (exact) mass is 830 g/mol. The summed E-state index contributed by atoms with van der Waals surface area (Å²) in [5.74, 6) is 0.451. The van der Waals surface area contributed by atoms with Gasteiger partial charge in [-0.2, -0.15) is 0 Å². The first-order valence-electron chi connectivity index (χ1n) is 22.0. The molecule has 11 rings (SSSR count). The summed E-state index contributed by atoms with van der Waals surface area (Å²) in [6.07, 6.45) is 18.1. The van der Waals surface area contributed by atoms with Crippen molar-refractivity contribution in [2.75, 3.05) is 6.16 Å². The highest BCUT2D eigenvalue weighted by atomic mass is 31.2. The standard InChI is InChI=1S/C57H52O2P2/c1-41-22-14-15-23-42(41)38-39-53(48-33-17-16-24-43(48)40-60(58,44-25-6-2-7-26-44)45-27-8-3-9-28-45)56-54-49-34-18-20-36-51(49)55(52-37-21-19-35-50(52)54)57(56)61(59,46-29-10-4-11-30-46)47-31-12-5-13-32-47/h2-15,18-37,41-42,53-55H,16-17,38-40H2,1H3. The molecule has 3 atom stereocenters. The molecule has 0 amide bonds. The lowest BCUT2D eigenvalue weighted by Crippen LogP contribution is -2.35. The Morgan fingerprint density at radius 3 is 1.48 bits per heavy atom. The van der Waals surface area contributed by atoms with Crippen LogP contribution in [0.4, 0.5) is 0 Å². The van der Waals surface area contributed by atoms with Gasteiger partial charge in [-0.3, -0.25) is 0 Å². The molecule has 3 unspecified atom stereocenters. The summed E-state index contributed by atoms with van der Waals surface area (Å²) < 4.78 is 33.2. The summed E-state index contributed by atoms with van der Waals surface area (Å²) in [5, 5.41) is 4.58. The van der Waals surface area contributed by atoms with Gasteiger partial charge in [0.05, 0.1) is 0 Å². The first-order valence-corrected chi connectivity index (χ1v) is 25.6. The predicted molar refractivity (Wildman–Crippen MR) is 257 cm³/mol. The Kier molecular flexibility index (Phi) is 10.9. The second kappa shape index (κ2) is 16.7. The number of benzene rings is 6. The van der Waals surface area contributed by atoms with Crippen molar-refractivity contribution >= 4 is 35.5 Å². The van der Waals surface area contributed by atoms with E-state index in [1.54, 1.807) is 0 Å². The van der Waals surface area contributed by atoms with E-state index in [1.807, 2.05) is 97.1 Å². The van der Waals surface area contributed by atoms with E-state index >= 15 is 9.13 Å². The van der Waals surface area contributed by atoms with Crippen LogP contribution < -0.4 is 21.2 Å². The van der Waals surface area contributed by atoms with Crippen molar-refractivity contribution in [1.29, 1.82) is 0 Å². The zero-order valence-electron chi connectivity index (χ0n) is 34.8. The molecule has 0 spiro atoms. The molecule has 0 saturated carbocycles. The van der Waals surface area contributed by atoms with Crippen LogP contribution in [0.2, 0.25) is 0 Å². The molecule has 4 heteroatoms. The summed E-state index contributed by atoms with van der Waals surface area (Å²) in [6.45, 7) is 2.33. The van der Waals surface area contributed by atoms with Crippen LogP contribution in [0.1, 0.15) is 66.7 Å². The predicted octanol–water partition coefficient (Wildman–Crippen LogP) is 13.0. The van der Waals surface area contributed by atoms with Crippen molar-refractivity contribution in [1.82, 2.24) is 0 Å². The molecule has 2 bridgehead atoms. The highest BCUT2D eigenvalue weighted by Gasteiger charge is 2.52. The van der Waals surface area contributed by atoms with Crippen LogP contribution in [0.15, 0.2) is 228 Å². The van der Waals surface area contributed by atoms with Crippen molar-refractivity contribution in [3.63, 3.8) is 0 Å². The van der Waals surface area contributed by atoms with Gasteiger partial charge in [0.2, 0.25) is 0 Å². The Labute approximate surface area is 361 Å². The minimum atomic E-state index is -3.49. The highest BCUT2D eigenvalue weighted by Crippen LogP contribution is 2.70. The van der Waals surface area contributed by atoms with Gasteiger partial charge in [-0.15, -0.1) is 0 Å². The van der Waals surface area contributed by atoms with E-state index in [0.717, 1.165) is 52.2 Å². The number of hydrogen-bond acceptors (Lipinski definition) is 2. The van der Waals surface area contributed by atoms with Crippen LogP contribution in [0.3, 0.4) is 0 Å². The molecule has 0 aliphatic heterocycles. The molecule has 6 aromatic carbocycles. The average Bonchev–Trinajstić information content (AvgIpc) is 3.33. The zero-order chi connectivity index (χ0) is 41.4. The lowest BCUT2D eigenvalue weighted by atomic mass is 9.60. The maximum Gasteiger partial charge on any atom is 0.168 e. The molecule has 6 aromatic rings. The third-order valence-electron chi connectivity index (χ3n) is 13.8. The average molecular weight is 831 g/mol. The fourth-order valence-electron chi connectivity index (χ4n) is 10.9. The molecular weight excluding hydrogens is 779 g/mol. The van der Waals surface area contributed by atoms with E-state index in [0.29, 0.717) is 18.0 Å². The van der Waals surface area contributed by atoms with E-state index < -0.39 is 14.3 Å². The Bertz CT molecular complexity index is 2680. The van der Waals surface area contributed by atoms with Crippen molar-refractivity contribution in [3.8, 4) is 0 Å². The van der Waals surface area contributed by atoms with E-state index in [9.17, 15) is 0 Å². The van der Waals surface area contributed by atoms with Crippen molar-refractivity contribution in [2.45, 2.75) is 44.4 Å². The van der Waals surface area contributed by atoms with Crippen molar-refractivity contribution in [3.05, 3.63) is 251 Å². The lowest BCUT2D eigenvalue weighted by Gasteiger charge is -2.48. The van der Waals surface area contributed by atoms with E-state index in [1.165, 1.54) is 39.0 Å². The number of hydrogen-bond donors (Lipinski definition) is 0. The van der Waals surface area contributed by atoms with Crippen LogP contribution in [0.5, 0.6) is 0 Å². The Morgan fingerprint density at radius 1 is 0.525 bits per heavy atom. The summed E-state index contributed by atoms with van der Waals surface area (Å²) in [4.78, 5) is 0. The third kappa shape index (κ3) is 6.99. The van der Waals surface area contributed by atoms with Gasteiger partial charge in [0.15, 0.2) is 7.14 Å². The Balaban J connectivity index is 1.24. The largest absolute Gasteiger partial charge is 0.313 e. The first-order chi connectivity index (χ1) is 30.0. The molecule has 5 aliphatic carbocycles. The van der Waals surface area contributed by atoms with Crippen LogP contribution in [-0.2, 0) is 9.13 Å². The molecule has 0 radical (unpaired) electrons. The second-order valence-electron chi connectivity index (χ2n) is 17.2. The maximum atomic E-state index is 17.3. The fraction of sp³-hybridized carbons (Fsp3) is 0.193. The van der Waals surface area contributed by atoms with Crippen molar-refractivity contribution in [2.24, 2.45) is 17.8 Å². The Morgan fingerprint density at radius 2 is 0.967 bits per heavy atom. The summed E-state index contributed by atoms with van der Waals surface area (Å²) in [5.41, 5.74) is 8.88. The quantitative estimate of drug-likeness (QED) is 0.115. The Hall–Kier alpha value is -5.52. The van der Waals surface area contributed by atoms with Gasteiger partial charge in [-0.05, 0) is 76.5 Å². The van der Waals surface area contributed by atoms with Crippen molar-refractivity contribution < 1.29 is 9.13 Å². The van der Waals surface area contributed by atoms with Crippen LogP contribution in [0.25, 0.3) is 0 Å². The summed E-state index contributed by atoms with van der Waals surface area (Å²) >= 11 is 0. The van der Waals surface area contributed by atoms with Gasteiger partial charge in [0, 0.05) is 50.4 Å².